The number of amides is 1. The Kier molecular flexibility index (Phi) is 4.34. The SMILES string of the molecule is O=C1Nc2ccccc2[C@]12NC(c1ccccc1)C([N+](=O)[O-])C2c1ccc(Cl)cc1. The highest BCUT2D eigenvalue weighted by atomic mass is 35.5. The summed E-state index contributed by atoms with van der Waals surface area (Å²) in [4.78, 5) is 25.6. The van der Waals surface area contributed by atoms with Crippen molar-refractivity contribution >= 4 is 23.2 Å². The molecule has 2 heterocycles. The summed E-state index contributed by atoms with van der Waals surface area (Å²) in [5.41, 5.74) is 1.60. The van der Waals surface area contributed by atoms with E-state index in [9.17, 15) is 14.9 Å². The predicted octanol–water partition coefficient (Wildman–Crippen LogP) is 4.26. The highest BCUT2D eigenvalue weighted by Crippen LogP contribution is 2.55. The van der Waals surface area contributed by atoms with Gasteiger partial charge in [-0.15, -0.1) is 0 Å². The van der Waals surface area contributed by atoms with Crippen LogP contribution in [0, 0.1) is 10.1 Å². The first-order valence-corrected chi connectivity index (χ1v) is 10.0. The van der Waals surface area contributed by atoms with Gasteiger partial charge in [0, 0.05) is 21.2 Å². The van der Waals surface area contributed by atoms with Gasteiger partial charge < -0.3 is 5.32 Å². The minimum atomic E-state index is -1.26. The first-order chi connectivity index (χ1) is 14.5. The van der Waals surface area contributed by atoms with Gasteiger partial charge in [-0.3, -0.25) is 20.2 Å². The van der Waals surface area contributed by atoms with Crippen LogP contribution in [-0.4, -0.2) is 16.9 Å². The van der Waals surface area contributed by atoms with Crippen LogP contribution >= 0.6 is 11.6 Å². The molecule has 0 saturated carbocycles. The maximum atomic E-state index is 13.4. The van der Waals surface area contributed by atoms with Gasteiger partial charge >= 0.3 is 0 Å². The van der Waals surface area contributed by atoms with Gasteiger partial charge in [0.05, 0.1) is 5.92 Å². The van der Waals surface area contributed by atoms with Crippen LogP contribution < -0.4 is 10.6 Å². The first-order valence-electron chi connectivity index (χ1n) is 9.65. The fraction of sp³-hybridized carbons (Fsp3) is 0.174. The maximum Gasteiger partial charge on any atom is 0.250 e. The number of carbonyl (C=O) groups excluding carboxylic acids is 1. The molecule has 0 bridgehead atoms. The van der Waals surface area contributed by atoms with Crippen molar-refractivity contribution in [3.05, 3.63) is 111 Å². The molecular weight excluding hydrogens is 402 g/mol. The molecule has 3 unspecified atom stereocenters. The van der Waals surface area contributed by atoms with Crippen molar-refractivity contribution in [3.8, 4) is 0 Å². The van der Waals surface area contributed by atoms with Crippen LogP contribution in [0.5, 0.6) is 0 Å². The Bertz CT molecular complexity index is 1140. The maximum absolute atomic E-state index is 13.4. The van der Waals surface area contributed by atoms with Crippen LogP contribution in [0.2, 0.25) is 5.02 Å². The highest BCUT2D eigenvalue weighted by Gasteiger charge is 2.66. The molecule has 3 aromatic carbocycles. The summed E-state index contributed by atoms with van der Waals surface area (Å²) in [5, 5.41) is 19.3. The van der Waals surface area contributed by atoms with E-state index >= 15 is 0 Å². The predicted molar refractivity (Wildman–Crippen MR) is 114 cm³/mol. The Balaban J connectivity index is 1.77. The average Bonchev–Trinajstić information content (AvgIpc) is 3.26. The smallest absolute Gasteiger partial charge is 0.250 e. The summed E-state index contributed by atoms with van der Waals surface area (Å²) < 4.78 is 0. The normalized spacial score (nSPS) is 27.1. The molecule has 1 spiro atoms. The van der Waals surface area contributed by atoms with E-state index in [0.717, 1.165) is 11.1 Å². The second kappa shape index (κ2) is 6.93. The van der Waals surface area contributed by atoms with Crippen molar-refractivity contribution in [1.29, 1.82) is 0 Å². The van der Waals surface area contributed by atoms with Crippen molar-refractivity contribution < 1.29 is 9.72 Å². The molecule has 1 amide bonds. The van der Waals surface area contributed by atoms with Gasteiger partial charge in [0.25, 0.3) is 0 Å². The topological polar surface area (TPSA) is 84.3 Å². The number of hydrogen-bond acceptors (Lipinski definition) is 4. The first kappa shape index (κ1) is 18.8. The molecule has 5 rings (SSSR count). The molecule has 0 radical (unpaired) electrons. The number of halogens is 1. The zero-order chi connectivity index (χ0) is 20.9. The van der Waals surface area contributed by atoms with E-state index in [1.165, 1.54) is 0 Å². The average molecular weight is 420 g/mol. The zero-order valence-corrected chi connectivity index (χ0v) is 16.5. The molecule has 2 aliphatic rings. The molecule has 0 aromatic heterocycles. The Morgan fingerprint density at radius 3 is 2.27 bits per heavy atom. The van der Waals surface area contributed by atoms with Gasteiger partial charge in [0.15, 0.2) is 0 Å². The summed E-state index contributed by atoms with van der Waals surface area (Å²) in [6, 6.07) is 21.9. The number of hydrogen-bond donors (Lipinski definition) is 2. The Labute approximate surface area is 178 Å². The van der Waals surface area contributed by atoms with Gasteiger partial charge in [-0.25, -0.2) is 0 Å². The third kappa shape index (κ3) is 2.65. The van der Waals surface area contributed by atoms with Gasteiger partial charge in [0.2, 0.25) is 11.9 Å². The number of fused-ring (bicyclic) bond motifs is 2. The Morgan fingerprint density at radius 2 is 1.57 bits per heavy atom. The molecule has 3 aromatic rings. The second-order valence-corrected chi connectivity index (χ2v) is 8.08. The molecule has 2 N–H and O–H groups in total. The van der Waals surface area contributed by atoms with Gasteiger partial charge in [-0.2, -0.15) is 0 Å². The monoisotopic (exact) mass is 419 g/mol. The number of anilines is 1. The summed E-state index contributed by atoms with van der Waals surface area (Å²) in [5.74, 6) is -1.01. The fourth-order valence-corrected chi connectivity index (χ4v) is 5.03. The summed E-state index contributed by atoms with van der Waals surface area (Å²) >= 11 is 6.07. The van der Waals surface area contributed by atoms with E-state index < -0.39 is 23.5 Å². The lowest BCUT2D eigenvalue weighted by Gasteiger charge is -2.29. The lowest BCUT2D eigenvalue weighted by Crippen LogP contribution is -2.48. The van der Waals surface area contributed by atoms with Crippen molar-refractivity contribution in [2.45, 2.75) is 23.5 Å². The molecule has 1 fully saturated rings. The number of nitrogens with one attached hydrogen (secondary N) is 2. The van der Waals surface area contributed by atoms with Crippen LogP contribution in [0.25, 0.3) is 0 Å². The number of carbonyl (C=O) groups is 1. The lowest BCUT2D eigenvalue weighted by atomic mass is 9.74. The van der Waals surface area contributed by atoms with Gasteiger partial charge in [-0.1, -0.05) is 72.3 Å². The van der Waals surface area contributed by atoms with E-state index in [2.05, 4.69) is 10.6 Å². The molecule has 1 saturated heterocycles. The largest absolute Gasteiger partial charge is 0.324 e. The van der Waals surface area contributed by atoms with Gasteiger partial charge in [0.1, 0.15) is 11.6 Å². The number of nitrogens with zero attached hydrogens (tertiary/aromatic N) is 1. The lowest BCUT2D eigenvalue weighted by molar-refractivity contribution is -0.527. The molecular formula is C23H18ClN3O3. The van der Waals surface area contributed by atoms with Gasteiger partial charge in [-0.05, 0) is 29.3 Å². The number of benzene rings is 3. The third-order valence-electron chi connectivity index (χ3n) is 6.12. The zero-order valence-electron chi connectivity index (χ0n) is 15.8. The quantitative estimate of drug-likeness (QED) is 0.490. The second-order valence-electron chi connectivity index (χ2n) is 7.65. The highest BCUT2D eigenvalue weighted by molar-refractivity contribution is 6.30. The molecule has 6 nitrogen and oxygen atoms in total. The fourth-order valence-electron chi connectivity index (χ4n) is 4.90. The van der Waals surface area contributed by atoms with E-state index in [4.69, 9.17) is 11.6 Å². The Hall–Kier alpha value is -3.22. The van der Waals surface area contributed by atoms with Crippen LogP contribution in [0.4, 0.5) is 5.69 Å². The number of para-hydroxylation sites is 1. The van der Waals surface area contributed by atoms with Crippen molar-refractivity contribution in [2.75, 3.05) is 5.32 Å². The summed E-state index contributed by atoms with van der Waals surface area (Å²) in [6.07, 6.45) is 0. The molecule has 30 heavy (non-hydrogen) atoms. The van der Waals surface area contributed by atoms with Crippen LogP contribution in [-0.2, 0) is 10.3 Å². The van der Waals surface area contributed by atoms with Crippen molar-refractivity contribution in [1.82, 2.24) is 5.32 Å². The molecule has 2 aliphatic heterocycles. The van der Waals surface area contributed by atoms with E-state index in [-0.39, 0.29) is 10.8 Å². The third-order valence-corrected chi connectivity index (χ3v) is 6.37. The number of nitro groups is 1. The van der Waals surface area contributed by atoms with E-state index in [0.29, 0.717) is 16.3 Å². The van der Waals surface area contributed by atoms with Crippen molar-refractivity contribution in [3.63, 3.8) is 0 Å². The van der Waals surface area contributed by atoms with Crippen LogP contribution in [0.3, 0.4) is 0 Å². The van der Waals surface area contributed by atoms with Crippen molar-refractivity contribution in [2.24, 2.45) is 0 Å². The van der Waals surface area contributed by atoms with E-state index in [1.54, 1.807) is 24.3 Å². The minimum Gasteiger partial charge on any atom is -0.324 e. The molecule has 7 heteroatoms. The summed E-state index contributed by atoms with van der Waals surface area (Å²) in [7, 11) is 0. The molecule has 4 atom stereocenters. The minimum absolute atomic E-state index is 0.271. The van der Waals surface area contributed by atoms with Crippen LogP contribution in [0.15, 0.2) is 78.9 Å². The van der Waals surface area contributed by atoms with Crippen LogP contribution in [0.1, 0.15) is 28.7 Å². The molecule has 0 aliphatic carbocycles. The molecule has 150 valence electrons. The number of rotatable bonds is 3. The summed E-state index contributed by atoms with van der Waals surface area (Å²) in [6.45, 7) is 0. The van der Waals surface area contributed by atoms with E-state index in [1.807, 2.05) is 54.6 Å². The standard InChI is InChI=1S/C23H18ClN3O3/c24-16-12-10-14(11-13-16)19-21(27(29)30)20(15-6-2-1-3-7-15)26-23(19)17-8-4-5-9-18(17)25-22(23)28/h1-13,19-21,26H,(H,25,28)/t19?,20?,21?,23-/m1/s1. The Morgan fingerprint density at radius 1 is 0.900 bits per heavy atom.